The lowest BCUT2D eigenvalue weighted by atomic mass is 9.98. The summed E-state index contributed by atoms with van der Waals surface area (Å²) in [6.07, 6.45) is 1.12. The minimum Gasteiger partial charge on any atom is -0.326 e. The average molecular weight is 452 g/mol. The normalized spacial score (nSPS) is 18.1. The number of rotatable bonds is 6. The first kappa shape index (κ1) is 22.4. The Morgan fingerprint density at radius 3 is 2.40 bits per heavy atom. The maximum absolute atomic E-state index is 12.9. The summed E-state index contributed by atoms with van der Waals surface area (Å²) in [5.74, 6) is -0.855. The van der Waals surface area contributed by atoms with E-state index in [1.807, 2.05) is 0 Å². The molecular formula is C20H25N3O5S2. The summed E-state index contributed by atoms with van der Waals surface area (Å²) in [5, 5.41) is 2.78. The summed E-state index contributed by atoms with van der Waals surface area (Å²) in [6.45, 7) is 2.20. The molecule has 2 aromatic carbocycles. The maximum Gasteiger partial charge on any atom is 0.243 e. The second-order valence-electron chi connectivity index (χ2n) is 7.19. The maximum atomic E-state index is 12.9. The predicted molar refractivity (Wildman–Crippen MR) is 114 cm³/mol. The Labute approximate surface area is 177 Å². The van der Waals surface area contributed by atoms with Crippen molar-refractivity contribution >= 4 is 31.6 Å². The van der Waals surface area contributed by atoms with Gasteiger partial charge in [0, 0.05) is 18.8 Å². The summed E-state index contributed by atoms with van der Waals surface area (Å²) < 4.78 is 53.4. The van der Waals surface area contributed by atoms with Gasteiger partial charge in [-0.15, -0.1) is 0 Å². The number of sulfonamides is 2. The zero-order valence-electron chi connectivity index (χ0n) is 16.8. The molecule has 0 saturated carbocycles. The summed E-state index contributed by atoms with van der Waals surface area (Å²) >= 11 is 0. The molecule has 1 aliphatic heterocycles. The molecule has 1 saturated heterocycles. The van der Waals surface area contributed by atoms with Crippen molar-refractivity contribution in [1.82, 2.24) is 9.03 Å². The first-order valence-corrected chi connectivity index (χ1v) is 12.5. The third-order valence-electron chi connectivity index (χ3n) is 5.18. The molecule has 162 valence electrons. The van der Waals surface area contributed by atoms with Crippen molar-refractivity contribution in [2.45, 2.75) is 29.6 Å². The highest BCUT2D eigenvalue weighted by molar-refractivity contribution is 7.89. The molecule has 1 fully saturated rings. The number of anilines is 1. The molecule has 3 rings (SSSR count). The third kappa shape index (κ3) is 4.72. The Hall–Kier alpha value is -2.27. The van der Waals surface area contributed by atoms with E-state index in [2.05, 4.69) is 10.0 Å². The van der Waals surface area contributed by atoms with Crippen LogP contribution in [0.4, 0.5) is 5.69 Å². The molecule has 0 spiro atoms. The fraction of sp³-hybridized carbons (Fsp3) is 0.350. The standard InChI is InChI=1S/C20H25N3O5S2/c1-15-10-11-18(29(25,26)21-2)13-19(15)22-20(24)16-7-6-12-23(14-16)30(27,28)17-8-4-3-5-9-17/h3-5,8-11,13,16,21H,6-7,12,14H2,1-2H3,(H,22,24). The van der Waals surface area contributed by atoms with Crippen molar-refractivity contribution in [1.29, 1.82) is 0 Å². The molecule has 10 heteroatoms. The van der Waals surface area contributed by atoms with Crippen LogP contribution < -0.4 is 10.0 Å². The Kier molecular flexibility index (Phi) is 6.61. The first-order chi connectivity index (χ1) is 14.1. The van der Waals surface area contributed by atoms with Crippen molar-refractivity contribution in [3.63, 3.8) is 0 Å². The number of hydrogen-bond donors (Lipinski definition) is 2. The van der Waals surface area contributed by atoms with Crippen LogP contribution in [0, 0.1) is 12.8 Å². The Balaban J connectivity index is 1.77. The highest BCUT2D eigenvalue weighted by Crippen LogP contribution is 2.26. The van der Waals surface area contributed by atoms with Gasteiger partial charge in [-0.1, -0.05) is 24.3 Å². The van der Waals surface area contributed by atoms with E-state index in [-0.39, 0.29) is 22.2 Å². The Bertz CT molecular complexity index is 1130. The van der Waals surface area contributed by atoms with E-state index in [1.165, 1.54) is 35.6 Å². The molecule has 0 aliphatic carbocycles. The lowest BCUT2D eigenvalue weighted by Crippen LogP contribution is -2.43. The summed E-state index contributed by atoms with van der Waals surface area (Å²) in [7, 11) is -6.00. The number of amides is 1. The smallest absolute Gasteiger partial charge is 0.243 e. The van der Waals surface area contributed by atoms with Gasteiger partial charge in [0.05, 0.1) is 15.7 Å². The highest BCUT2D eigenvalue weighted by Gasteiger charge is 2.33. The van der Waals surface area contributed by atoms with Crippen molar-refractivity contribution in [2.75, 3.05) is 25.5 Å². The van der Waals surface area contributed by atoms with Crippen LogP contribution in [0.2, 0.25) is 0 Å². The second-order valence-corrected chi connectivity index (χ2v) is 11.0. The average Bonchev–Trinajstić information content (AvgIpc) is 2.75. The van der Waals surface area contributed by atoms with Gasteiger partial charge in [0.25, 0.3) is 0 Å². The number of nitrogens with one attached hydrogen (secondary N) is 2. The SMILES string of the molecule is CNS(=O)(=O)c1ccc(C)c(NC(=O)C2CCCN(S(=O)(=O)c3ccccc3)C2)c1. The second kappa shape index (κ2) is 8.84. The van der Waals surface area contributed by atoms with Crippen LogP contribution in [0.15, 0.2) is 58.3 Å². The molecule has 0 aromatic heterocycles. The van der Waals surface area contributed by atoms with E-state index in [1.54, 1.807) is 31.2 Å². The van der Waals surface area contributed by atoms with Gasteiger partial charge < -0.3 is 5.32 Å². The summed E-state index contributed by atoms with van der Waals surface area (Å²) in [5.41, 5.74) is 1.10. The zero-order chi connectivity index (χ0) is 21.9. The summed E-state index contributed by atoms with van der Waals surface area (Å²) in [6, 6.07) is 12.6. The fourth-order valence-corrected chi connectivity index (χ4v) is 5.67. The molecule has 1 atom stereocenters. The number of nitrogens with zero attached hydrogens (tertiary/aromatic N) is 1. The molecule has 2 aromatic rings. The zero-order valence-corrected chi connectivity index (χ0v) is 18.5. The quantitative estimate of drug-likeness (QED) is 0.697. The van der Waals surface area contributed by atoms with Crippen LogP contribution in [0.1, 0.15) is 18.4 Å². The number of piperidine rings is 1. The molecule has 0 radical (unpaired) electrons. The molecule has 8 nitrogen and oxygen atoms in total. The van der Waals surface area contributed by atoms with Crippen LogP contribution >= 0.6 is 0 Å². The van der Waals surface area contributed by atoms with Crippen molar-refractivity contribution in [3.05, 3.63) is 54.1 Å². The lowest BCUT2D eigenvalue weighted by molar-refractivity contribution is -0.120. The fourth-order valence-electron chi connectivity index (χ4n) is 3.37. The first-order valence-electron chi connectivity index (χ1n) is 9.55. The molecule has 0 bridgehead atoms. The van der Waals surface area contributed by atoms with Crippen LogP contribution in [0.5, 0.6) is 0 Å². The van der Waals surface area contributed by atoms with Gasteiger partial charge >= 0.3 is 0 Å². The van der Waals surface area contributed by atoms with Crippen LogP contribution in [-0.2, 0) is 24.8 Å². The van der Waals surface area contributed by atoms with Gasteiger partial charge in [0.1, 0.15) is 0 Å². The lowest BCUT2D eigenvalue weighted by Gasteiger charge is -2.31. The number of carbonyl (C=O) groups excluding carboxylic acids is 1. The van der Waals surface area contributed by atoms with Crippen molar-refractivity contribution < 1.29 is 21.6 Å². The molecular weight excluding hydrogens is 426 g/mol. The van der Waals surface area contributed by atoms with E-state index in [0.717, 1.165) is 0 Å². The van der Waals surface area contributed by atoms with Crippen LogP contribution in [-0.4, -0.2) is 47.2 Å². The molecule has 1 aliphatic rings. The highest BCUT2D eigenvalue weighted by atomic mass is 32.2. The van der Waals surface area contributed by atoms with Crippen LogP contribution in [0.3, 0.4) is 0 Å². The number of hydrogen-bond acceptors (Lipinski definition) is 5. The van der Waals surface area contributed by atoms with Gasteiger partial charge in [0.15, 0.2) is 0 Å². The number of aryl methyl sites for hydroxylation is 1. The van der Waals surface area contributed by atoms with Gasteiger partial charge in [-0.05, 0) is 56.6 Å². The van der Waals surface area contributed by atoms with E-state index >= 15 is 0 Å². The predicted octanol–water partition coefficient (Wildman–Crippen LogP) is 1.94. The molecule has 2 N–H and O–H groups in total. The molecule has 1 heterocycles. The minimum absolute atomic E-state index is 0.0443. The molecule has 1 amide bonds. The monoisotopic (exact) mass is 451 g/mol. The summed E-state index contributed by atoms with van der Waals surface area (Å²) in [4.78, 5) is 13.1. The minimum atomic E-state index is -3.67. The van der Waals surface area contributed by atoms with Gasteiger partial charge in [0.2, 0.25) is 26.0 Å². The number of carbonyl (C=O) groups is 1. The molecule has 30 heavy (non-hydrogen) atoms. The topological polar surface area (TPSA) is 113 Å². The molecule has 1 unspecified atom stereocenters. The van der Waals surface area contributed by atoms with Gasteiger partial charge in [-0.3, -0.25) is 4.79 Å². The third-order valence-corrected chi connectivity index (χ3v) is 8.47. The van der Waals surface area contributed by atoms with E-state index in [4.69, 9.17) is 0 Å². The van der Waals surface area contributed by atoms with Crippen molar-refractivity contribution in [3.8, 4) is 0 Å². The largest absolute Gasteiger partial charge is 0.326 e. The van der Waals surface area contributed by atoms with Gasteiger partial charge in [-0.2, -0.15) is 4.31 Å². The van der Waals surface area contributed by atoms with Gasteiger partial charge in [-0.25, -0.2) is 21.6 Å². The Morgan fingerprint density at radius 1 is 1.03 bits per heavy atom. The van der Waals surface area contributed by atoms with Crippen molar-refractivity contribution in [2.24, 2.45) is 5.92 Å². The van der Waals surface area contributed by atoms with Crippen LogP contribution in [0.25, 0.3) is 0 Å². The van der Waals surface area contributed by atoms with E-state index < -0.39 is 26.0 Å². The van der Waals surface area contributed by atoms with E-state index in [9.17, 15) is 21.6 Å². The number of benzene rings is 2. The Morgan fingerprint density at radius 2 is 1.73 bits per heavy atom. The van der Waals surface area contributed by atoms with E-state index in [0.29, 0.717) is 30.6 Å².